The third kappa shape index (κ3) is 4.06. The molecule has 0 radical (unpaired) electrons. The van der Waals surface area contributed by atoms with Crippen molar-refractivity contribution in [3.05, 3.63) is 24.3 Å². The van der Waals surface area contributed by atoms with Crippen LogP contribution in [-0.4, -0.2) is 37.7 Å². The number of carbonyl (C=O) groups excluding carboxylic acids is 1. The summed E-state index contributed by atoms with van der Waals surface area (Å²) in [5.74, 6) is 1.22. The van der Waals surface area contributed by atoms with Crippen LogP contribution in [0.5, 0.6) is 0 Å². The third-order valence-electron chi connectivity index (χ3n) is 3.12. The number of rotatable bonds is 7. The molecule has 1 aromatic rings. The van der Waals surface area contributed by atoms with Crippen LogP contribution in [0.1, 0.15) is 12.8 Å². The van der Waals surface area contributed by atoms with Gasteiger partial charge in [0.15, 0.2) is 0 Å². The summed E-state index contributed by atoms with van der Waals surface area (Å²) in [6.45, 7) is 2.46. The average Bonchev–Trinajstić information content (AvgIpc) is 2.85. The Morgan fingerprint density at radius 3 is 3.05 bits per heavy atom. The van der Waals surface area contributed by atoms with Gasteiger partial charge in [-0.05, 0) is 43.0 Å². The minimum Gasteiger partial charge on any atom is -0.385 e. The molecule has 0 bridgehead atoms. The number of hydrogen-bond donors (Lipinski definition) is 2. The average molecular weight is 279 g/mol. The smallest absolute Gasteiger partial charge is 0.321 e. The van der Waals surface area contributed by atoms with Gasteiger partial charge < -0.3 is 10.6 Å². The molecule has 0 spiro atoms. The first-order valence-electron chi connectivity index (χ1n) is 6.69. The molecule has 1 aromatic carbocycles. The maximum absolute atomic E-state index is 11.6. The number of nitrogens with zero attached hydrogens (tertiary/aromatic N) is 1. The molecule has 1 heterocycles. The maximum Gasteiger partial charge on any atom is 0.321 e. The summed E-state index contributed by atoms with van der Waals surface area (Å²) < 4.78 is 0. The number of thioether (sulfide) groups is 1. The number of nitrogens with one attached hydrogen (secondary N) is 2. The summed E-state index contributed by atoms with van der Waals surface area (Å²) in [5, 5.41) is 6.23. The van der Waals surface area contributed by atoms with Crippen LogP contribution in [0.4, 0.5) is 16.2 Å². The minimum absolute atomic E-state index is 0.00267. The summed E-state index contributed by atoms with van der Waals surface area (Å²) in [4.78, 5) is 13.4. The Bertz CT molecular complexity index is 425. The number of carbonyl (C=O) groups is 1. The number of hydrogen-bond acceptors (Lipinski definition) is 3. The van der Waals surface area contributed by atoms with Crippen LogP contribution < -0.4 is 15.5 Å². The fourth-order valence-corrected chi connectivity index (χ4v) is 2.60. The molecule has 1 aliphatic heterocycles. The second-order valence-electron chi connectivity index (χ2n) is 4.56. The van der Waals surface area contributed by atoms with E-state index in [2.05, 4.69) is 16.9 Å². The Hall–Kier alpha value is -1.36. The molecule has 0 aromatic heterocycles. The molecule has 2 amide bonds. The van der Waals surface area contributed by atoms with E-state index in [0.717, 1.165) is 31.0 Å². The standard InChI is InChI=1S/C14H21N3OS/c1-19-10-3-2-7-15-12-5-4-6-13(11-12)17-9-8-16-14(17)18/h4-6,11,15H,2-3,7-10H2,1H3,(H,16,18). The monoisotopic (exact) mass is 279 g/mol. The fraction of sp³-hybridized carbons (Fsp3) is 0.500. The van der Waals surface area contributed by atoms with E-state index in [4.69, 9.17) is 0 Å². The lowest BCUT2D eigenvalue weighted by molar-refractivity contribution is 0.252. The largest absolute Gasteiger partial charge is 0.385 e. The Balaban J connectivity index is 1.86. The van der Waals surface area contributed by atoms with Crippen LogP contribution in [-0.2, 0) is 0 Å². The van der Waals surface area contributed by atoms with E-state index in [1.165, 1.54) is 18.6 Å². The summed E-state index contributed by atoms with van der Waals surface area (Å²) in [6.07, 6.45) is 4.55. The minimum atomic E-state index is -0.00267. The van der Waals surface area contributed by atoms with E-state index < -0.39 is 0 Å². The quantitative estimate of drug-likeness (QED) is 0.754. The van der Waals surface area contributed by atoms with Gasteiger partial charge >= 0.3 is 6.03 Å². The Labute approximate surface area is 118 Å². The Kier molecular flexibility index (Phi) is 5.39. The molecule has 0 unspecified atom stereocenters. The first-order valence-corrected chi connectivity index (χ1v) is 8.09. The van der Waals surface area contributed by atoms with Crippen molar-refractivity contribution in [2.75, 3.05) is 41.9 Å². The van der Waals surface area contributed by atoms with E-state index in [1.54, 1.807) is 4.90 Å². The van der Waals surface area contributed by atoms with E-state index in [1.807, 2.05) is 36.0 Å². The van der Waals surface area contributed by atoms with Crippen molar-refractivity contribution in [3.63, 3.8) is 0 Å². The van der Waals surface area contributed by atoms with Crippen LogP contribution in [0.15, 0.2) is 24.3 Å². The fourth-order valence-electron chi connectivity index (χ4n) is 2.11. The first kappa shape index (κ1) is 14.1. The van der Waals surface area contributed by atoms with Crippen LogP contribution in [0.25, 0.3) is 0 Å². The maximum atomic E-state index is 11.6. The highest BCUT2D eigenvalue weighted by molar-refractivity contribution is 7.98. The Morgan fingerprint density at radius 1 is 1.42 bits per heavy atom. The lowest BCUT2D eigenvalue weighted by atomic mass is 10.2. The molecule has 104 valence electrons. The summed E-state index contributed by atoms with van der Waals surface area (Å²) in [7, 11) is 0. The van der Waals surface area contributed by atoms with Crippen molar-refractivity contribution in [2.24, 2.45) is 0 Å². The van der Waals surface area contributed by atoms with Gasteiger partial charge in [0.05, 0.1) is 0 Å². The number of unbranched alkanes of at least 4 members (excludes halogenated alkanes) is 1. The third-order valence-corrected chi connectivity index (χ3v) is 3.82. The zero-order valence-electron chi connectivity index (χ0n) is 11.3. The van der Waals surface area contributed by atoms with Gasteiger partial charge in [-0.3, -0.25) is 4.90 Å². The zero-order valence-corrected chi connectivity index (χ0v) is 12.1. The van der Waals surface area contributed by atoms with Crippen molar-refractivity contribution in [1.29, 1.82) is 0 Å². The lowest BCUT2D eigenvalue weighted by Crippen LogP contribution is -2.27. The van der Waals surface area contributed by atoms with E-state index in [9.17, 15) is 4.79 Å². The first-order chi connectivity index (χ1) is 9.31. The molecule has 0 saturated carbocycles. The highest BCUT2D eigenvalue weighted by Crippen LogP contribution is 2.21. The second-order valence-corrected chi connectivity index (χ2v) is 5.55. The van der Waals surface area contributed by atoms with Crippen molar-refractivity contribution < 1.29 is 4.79 Å². The van der Waals surface area contributed by atoms with Gasteiger partial charge in [-0.2, -0.15) is 11.8 Å². The molecule has 1 aliphatic rings. The van der Waals surface area contributed by atoms with Gasteiger partial charge in [0.25, 0.3) is 0 Å². The highest BCUT2D eigenvalue weighted by atomic mass is 32.2. The summed E-state index contributed by atoms with van der Waals surface area (Å²) in [5.41, 5.74) is 2.05. The van der Waals surface area contributed by atoms with Crippen LogP contribution in [0.2, 0.25) is 0 Å². The molecule has 19 heavy (non-hydrogen) atoms. The van der Waals surface area contributed by atoms with E-state index in [-0.39, 0.29) is 6.03 Å². The SMILES string of the molecule is CSCCCCNc1cccc(N2CCNC2=O)c1. The van der Waals surface area contributed by atoms with Gasteiger partial charge in [0, 0.05) is 31.0 Å². The van der Waals surface area contributed by atoms with Gasteiger partial charge in [0.1, 0.15) is 0 Å². The topological polar surface area (TPSA) is 44.4 Å². The summed E-state index contributed by atoms with van der Waals surface area (Å²) in [6, 6.07) is 8.05. The van der Waals surface area contributed by atoms with Crippen molar-refractivity contribution in [1.82, 2.24) is 5.32 Å². The lowest BCUT2D eigenvalue weighted by Gasteiger charge is -2.15. The molecule has 2 N–H and O–H groups in total. The molecule has 0 aliphatic carbocycles. The highest BCUT2D eigenvalue weighted by Gasteiger charge is 2.20. The zero-order chi connectivity index (χ0) is 13.5. The van der Waals surface area contributed by atoms with Crippen LogP contribution in [0, 0.1) is 0 Å². The van der Waals surface area contributed by atoms with E-state index in [0.29, 0.717) is 0 Å². The predicted octanol–water partition coefficient (Wildman–Crippen LogP) is 2.77. The molecule has 4 nitrogen and oxygen atoms in total. The predicted molar refractivity (Wildman–Crippen MR) is 83.3 cm³/mol. The normalized spacial score (nSPS) is 14.6. The molecule has 5 heteroatoms. The van der Waals surface area contributed by atoms with Gasteiger partial charge in [-0.1, -0.05) is 6.07 Å². The number of urea groups is 1. The van der Waals surface area contributed by atoms with Crippen LogP contribution >= 0.6 is 11.8 Å². The number of anilines is 2. The molecule has 2 rings (SSSR count). The van der Waals surface area contributed by atoms with Gasteiger partial charge in [-0.25, -0.2) is 4.79 Å². The molecular formula is C14H21N3OS. The molecule has 1 fully saturated rings. The van der Waals surface area contributed by atoms with E-state index >= 15 is 0 Å². The summed E-state index contributed by atoms with van der Waals surface area (Å²) >= 11 is 1.89. The molecule has 0 atom stereocenters. The van der Waals surface area contributed by atoms with Crippen molar-refractivity contribution >= 4 is 29.2 Å². The second kappa shape index (κ2) is 7.28. The Morgan fingerprint density at radius 2 is 2.32 bits per heavy atom. The molecule has 1 saturated heterocycles. The van der Waals surface area contributed by atoms with Gasteiger partial charge in [-0.15, -0.1) is 0 Å². The van der Waals surface area contributed by atoms with Crippen LogP contribution in [0.3, 0.4) is 0 Å². The molecular weight excluding hydrogens is 258 g/mol. The van der Waals surface area contributed by atoms with Gasteiger partial charge in [0.2, 0.25) is 0 Å². The van der Waals surface area contributed by atoms with Crippen molar-refractivity contribution in [3.8, 4) is 0 Å². The van der Waals surface area contributed by atoms with Crippen molar-refractivity contribution in [2.45, 2.75) is 12.8 Å². The number of amides is 2. The number of benzene rings is 1.